The van der Waals surface area contributed by atoms with Crippen LogP contribution in [0.2, 0.25) is 0 Å². The van der Waals surface area contributed by atoms with E-state index in [1.807, 2.05) is 0 Å². The van der Waals surface area contributed by atoms with Crippen LogP contribution in [0.1, 0.15) is 79.7 Å². The average molecular weight is 268 g/mol. The van der Waals surface area contributed by atoms with Crippen LogP contribution in [0.3, 0.4) is 0 Å². The van der Waals surface area contributed by atoms with Gasteiger partial charge in [-0.05, 0) is 31.9 Å². The highest BCUT2D eigenvalue weighted by molar-refractivity contribution is 7.12. The van der Waals surface area contributed by atoms with Crippen LogP contribution < -0.4 is 0 Å². The van der Waals surface area contributed by atoms with Crippen molar-refractivity contribution in [1.82, 2.24) is 0 Å². The summed E-state index contributed by atoms with van der Waals surface area (Å²) in [7, 11) is 0. The summed E-state index contributed by atoms with van der Waals surface area (Å²) in [5, 5.41) is 10.1. The number of hydrogen-bond donors (Lipinski definition) is 1. The third kappa shape index (κ3) is 5.53. The lowest BCUT2D eigenvalue weighted by Crippen LogP contribution is -1.94. The molecule has 0 bridgehead atoms. The molecule has 0 amide bonds. The lowest BCUT2D eigenvalue weighted by molar-refractivity contribution is 0.167. The number of hydrogen-bond acceptors (Lipinski definition) is 2. The third-order valence-electron chi connectivity index (χ3n) is 3.59. The molecule has 1 rings (SSSR count). The highest BCUT2D eigenvalue weighted by atomic mass is 32.1. The SMILES string of the molecule is CCCCCCCCCC(O)c1cc(C)c(C)s1. The maximum absolute atomic E-state index is 10.1. The van der Waals surface area contributed by atoms with Gasteiger partial charge in [0.25, 0.3) is 0 Å². The molecule has 1 unspecified atom stereocenters. The van der Waals surface area contributed by atoms with E-state index in [1.165, 1.54) is 49.0 Å². The van der Waals surface area contributed by atoms with Crippen molar-refractivity contribution in [2.45, 2.75) is 78.2 Å². The number of thiophene rings is 1. The van der Waals surface area contributed by atoms with Gasteiger partial charge in [0, 0.05) is 9.75 Å². The quantitative estimate of drug-likeness (QED) is 0.583. The standard InChI is InChI=1S/C16H28OS/c1-4-5-6-7-8-9-10-11-15(17)16-12-13(2)14(3)18-16/h12,15,17H,4-11H2,1-3H3. The fourth-order valence-electron chi connectivity index (χ4n) is 2.20. The van der Waals surface area contributed by atoms with Crippen molar-refractivity contribution in [2.24, 2.45) is 0 Å². The summed E-state index contributed by atoms with van der Waals surface area (Å²) >= 11 is 1.75. The van der Waals surface area contributed by atoms with Gasteiger partial charge in [-0.3, -0.25) is 0 Å². The van der Waals surface area contributed by atoms with Crippen molar-refractivity contribution in [3.63, 3.8) is 0 Å². The van der Waals surface area contributed by atoms with E-state index in [1.54, 1.807) is 11.3 Å². The van der Waals surface area contributed by atoms with Gasteiger partial charge in [-0.2, -0.15) is 0 Å². The van der Waals surface area contributed by atoms with Gasteiger partial charge in [0.1, 0.15) is 0 Å². The summed E-state index contributed by atoms with van der Waals surface area (Å²) in [4.78, 5) is 2.49. The molecule has 0 saturated heterocycles. The predicted octanol–water partition coefficient (Wildman–Crippen LogP) is 5.54. The molecule has 1 N–H and O–H groups in total. The predicted molar refractivity (Wildman–Crippen MR) is 81.4 cm³/mol. The molecule has 18 heavy (non-hydrogen) atoms. The second kappa shape index (κ2) is 8.71. The van der Waals surface area contributed by atoms with Gasteiger partial charge in [-0.25, -0.2) is 0 Å². The topological polar surface area (TPSA) is 20.2 Å². The third-order valence-corrected chi connectivity index (χ3v) is 4.85. The van der Waals surface area contributed by atoms with Crippen molar-refractivity contribution in [2.75, 3.05) is 0 Å². The van der Waals surface area contributed by atoms with E-state index in [0.29, 0.717) is 0 Å². The van der Waals surface area contributed by atoms with Gasteiger partial charge in [0.15, 0.2) is 0 Å². The fourth-order valence-corrected chi connectivity index (χ4v) is 3.27. The number of aryl methyl sites for hydroxylation is 2. The van der Waals surface area contributed by atoms with Crippen LogP contribution >= 0.6 is 11.3 Å². The van der Waals surface area contributed by atoms with Gasteiger partial charge < -0.3 is 5.11 Å². The Morgan fingerprint density at radius 2 is 1.67 bits per heavy atom. The second-order valence-corrected chi connectivity index (χ2v) is 6.60. The molecule has 0 radical (unpaired) electrons. The van der Waals surface area contributed by atoms with Gasteiger partial charge in [-0.1, -0.05) is 51.9 Å². The van der Waals surface area contributed by atoms with E-state index in [-0.39, 0.29) is 6.10 Å². The van der Waals surface area contributed by atoms with Crippen molar-refractivity contribution in [3.8, 4) is 0 Å². The molecule has 0 spiro atoms. The van der Waals surface area contributed by atoms with Crippen LogP contribution in [0.15, 0.2) is 6.07 Å². The van der Waals surface area contributed by atoms with Crippen LogP contribution in [0.4, 0.5) is 0 Å². The molecule has 1 nitrogen and oxygen atoms in total. The first-order valence-electron chi connectivity index (χ1n) is 7.40. The molecule has 1 aromatic rings. The monoisotopic (exact) mass is 268 g/mol. The molecule has 0 saturated carbocycles. The minimum atomic E-state index is -0.238. The molecule has 104 valence electrons. The zero-order chi connectivity index (χ0) is 13.4. The molecule has 0 aliphatic rings. The molecule has 0 fully saturated rings. The molecule has 0 aliphatic carbocycles. The van der Waals surface area contributed by atoms with Crippen LogP contribution in [0.5, 0.6) is 0 Å². The molecule has 2 heteroatoms. The lowest BCUT2D eigenvalue weighted by atomic mass is 10.1. The lowest BCUT2D eigenvalue weighted by Gasteiger charge is -2.08. The summed E-state index contributed by atoms with van der Waals surface area (Å²) < 4.78 is 0. The number of rotatable bonds is 9. The van der Waals surface area contributed by atoms with E-state index in [4.69, 9.17) is 0 Å². The zero-order valence-corrected chi connectivity index (χ0v) is 13.0. The van der Waals surface area contributed by atoms with E-state index in [2.05, 4.69) is 26.8 Å². The van der Waals surface area contributed by atoms with Gasteiger partial charge >= 0.3 is 0 Å². The second-order valence-electron chi connectivity index (χ2n) is 5.31. The Morgan fingerprint density at radius 3 is 2.22 bits per heavy atom. The van der Waals surface area contributed by atoms with Crippen molar-refractivity contribution in [1.29, 1.82) is 0 Å². The maximum Gasteiger partial charge on any atom is 0.0882 e. The maximum atomic E-state index is 10.1. The first-order valence-corrected chi connectivity index (χ1v) is 8.21. The highest BCUT2D eigenvalue weighted by Gasteiger charge is 2.11. The Morgan fingerprint density at radius 1 is 1.06 bits per heavy atom. The van der Waals surface area contributed by atoms with Crippen LogP contribution in [-0.4, -0.2) is 5.11 Å². The van der Waals surface area contributed by atoms with E-state index < -0.39 is 0 Å². The molecule has 1 aromatic heterocycles. The zero-order valence-electron chi connectivity index (χ0n) is 12.2. The Hall–Kier alpha value is -0.340. The van der Waals surface area contributed by atoms with E-state index in [0.717, 1.165) is 17.7 Å². The van der Waals surface area contributed by atoms with Crippen molar-refractivity contribution >= 4 is 11.3 Å². The number of aliphatic hydroxyl groups excluding tert-OH is 1. The normalized spacial score (nSPS) is 12.9. The molecule has 0 aliphatic heterocycles. The largest absolute Gasteiger partial charge is 0.388 e. The first-order chi connectivity index (χ1) is 8.65. The highest BCUT2D eigenvalue weighted by Crippen LogP contribution is 2.29. The Bertz CT molecular complexity index is 310. The van der Waals surface area contributed by atoms with Crippen molar-refractivity contribution < 1.29 is 5.11 Å². The molecule has 1 atom stereocenters. The molecular weight excluding hydrogens is 240 g/mol. The summed E-state index contributed by atoms with van der Waals surface area (Å²) in [6.45, 7) is 6.50. The number of unbranched alkanes of at least 4 members (excludes halogenated alkanes) is 6. The summed E-state index contributed by atoms with van der Waals surface area (Å²) in [6.07, 6.45) is 9.86. The van der Waals surface area contributed by atoms with Crippen LogP contribution in [0, 0.1) is 13.8 Å². The van der Waals surface area contributed by atoms with Crippen LogP contribution in [0.25, 0.3) is 0 Å². The van der Waals surface area contributed by atoms with Crippen molar-refractivity contribution in [3.05, 3.63) is 21.4 Å². The minimum Gasteiger partial charge on any atom is -0.388 e. The fraction of sp³-hybridized carbons (Fsp3) is 0.750. The first kappa shape index (κ1) is 15.7. The molecule has 1 heterocycles. The average Bonchev–Trinajstić information content (AvgIpc) is 2.68. The molecular formula is C16H28OS. The Labute approximate surface area is 116 Å². The minimum absolute atomic E-state index is 0.238. The van der Waals surface area contributed by atoms with Crippen LogP contribution in [-0.2, 0) is 0 Å². The Kier molecular flexibility index (Phi) is 7.60. The Balaban J connectivity index is 2.12. The number of aliphatic hydroxyl groups is 1. The van der Waals surface area contributed by atoms with Gasteiger partial charge in [0.2, 0.25) is 0 Å². The smallest absolute Gasteiger partial charge is 0.0882 e. The van der Waals surface area contributed by atoms with Gasteiger partial charge in [0.05, 0.1) is 6.10 Å². The van der Waals surface area contributed by atoms with Gasteiger partial charge in [-0.15, -0.1) is 11.3 Å². The summed E-state index contributed by atoms with van der Waals surface area (Å²) in [5.74, 6) is 0. The van der Waals surface area contributed by atoms with E-state index >= 15 is 0 Å². The summed E-state index contributed by atoms with van der Waals surface area (Å²) in [5.41, 5.74) is 1.31. The summed E-state index contributed by atoms with van der Waals surface area (Å²) in [6, 6.07) is 2.14. The van der Waals surface area contributed by atoms with E-state index in [9.17, 15) is 5.11 Å². The molecule has 0 aromatic carbocycles.